The molecule has 1 atom stereocenters. The Labute approximate surface area is 132 Å². The first-order chi connectivity index (χ1) is 11.1. The van der Waals surface area contributed by atoms with E-state index in [0.717, 1.165) is 10.8 Å². The Morgan fingerprint density at radius 3 is 2.78 bits per heavy atom. The number of benzene rings is 2. The monoisotopic (exact) mass is 310 g/mol. The first kappa shape index (κ1) is 13.8. The van der Waals surface area contributed by atoms with Gasteiger partial charge in [-0.2, -0.15) is 0 Å². The van der Waals surface area contributed by atoms with Crippen molar-refractivity contribution in [1.29, 1.82) is 0 Å². The Balaban J connectivity index is 1.89. The van der Waals surface area contributed by atoms with Crippen LogP contribution in [-0.2, 0) is 9.59 Å². The molecule has 6 heteroatoms. The number of piperidine rings is 1. The highest BCUT2D eigenvalue weighted by molar-refractivity contribution is 6.27. The lowest BCUT2D eigenvalue weighted by Crippen LogP contribution is -2.53. The van der Waals surface area contributed by atoms with Gasteiger partial charge in [-0.25, -0.2) is 0 Å². The van der Waals surface area contributed by atoms with Gasteiger partial charge in [0, 0.05) is 23.4 Å². The zero-order valence-corrected chi connectivity index (χ0v) is 12.5. The minimum absolute atomic E-state index is 0.214. The SMILES string of the molecule is COc1cc2c3c(cccc3c1)C(=O)N2C1CCC(=O)NC1=O. The van der Waals surface area contributed by atoms with Crippen LogP contribution in [0.3, 0.4) is 0 Å². The zero-order chi connectivity index (χ0) is 16.1. The summed E-state index contributed by atoms with van der Waals surface area (Å²) < 4.78 is 5.31. The molecule has 0 spiro atoms. The molecule has 2 aromatic carbocycles. The van der Waals surface area contributed by atoms with Gasteiger partial charge in [0.25, 0.3) is 5.91 Å². The minimum Gasteiger partial charge on any atom is -0.497 e. The van der Waals surface area contributed by atoms with Crippen molar-refractivity contribution in [1.82, 2.24) is 5.32 Å². The van der Waals surface area contributed by atoms with Gasteiger partial charge in [0.05, 0.1) is 12.8 Å². The number of hydrogen-bond acceptors (Lipinski definition) is 4. The van der Waals surface area contributed by atoms with Crippen LogP contribution in [0.15, 0.2) is 30.3 Å². The molecule has 0 saturated carbocycles. The maximum atomic E-state index is 12.8. The highest BCUT2D eigenvalue weighted by Crippen LogP contribution is 2.42. The van der Waals surface area contributed by atoms with Crippen molar-refractivity contribution in [3.8, 4) is 5.75 Å². The van der Waals surface area contributed by atoms with Crippen LogP contribution in [0, 0.1) is 0 Å². The second-order valence-corrected chi connectivity index (χ2v) is 5.69. The van der Waals surface area contributed by atoms with E-state index in [9.17, 15) is 14.4 Å². The highest BCUT2D eigenvalue weighted by Gasteiger charge is 2.40. The van der Waals surface area contributed by atoms with Gasteiger partial charge >= 0.3 is 0 Å². The minimum atomic E-state index is -0.678. The van der Waals surface area contributed by atoms with Crippen molar-refractivity contribution in [3.63, 3.8) is 0 Å². The maximum Gasteiger partial charge on any atom is 0.259 e. The van der Waals surface area contributed by atoms with E-state index in [2.05, 4.69) is 5.32 Å². The highest BCUT2D eigenvalue weighted by atomic mass is 16.5. The summed E-state index contributed by atoms with van der Waals surface area (Å²) in [7, 11) is 1.56. The number of amides is 3. The van der Waals surface area contributed by atoms with Crippen molar-refractivity contribution >= 4 is 34.2 Å². The van der Waals surface area contributed by atoms with E-state index in [1.54, 1.807) is 19.2 Å². The Kier molecular flexibility index (Phi) is 2.87. The summed E-state index contributed by atoms with van der Waals surface area (Å²) in [6.07, 6.45) is 0.548. The van der Waals surface area contributed by atoms with E-state index in [1.165, 1.54) is 4.90 Å². The van der Waals surface area contributed by atoms with Gasteiger partial charge in [0.2, 0.25) is 11.8 Å². The van der Waals surface area contributed by atoms with Crippen LogP contribution in [0.25, 0.3) is 10.8 Å². The lowest BCUT2D eigenvalue weighted by Gasteiger charge is -2.30. The Morgan fingerprint density at radius 1 is 1.22 bits per heavy atom. The summed E-state index contributed by atoms with van der Waals surface area (Å²) in [5.41, 5.74) is 1.24. The first-order valence-corrected chi connectivity index (χ1v) is 7.38. The molecule has 116 valence electrons. The molecule has 2 heterocycles. The van der Waals surface area contributed by atoms with Crippen molar-refractivity contribution in [2.24, 2.45) is 0 Å². The van der Waals surface area contributed by atoms with E-state index in [0.29, 0.717) is 23.4 Å². The van der Waals surface area contributed by atoms with E-state index in [4.69, 9.17) is 4.74 Å². The van der Waals surface area contributed by atoms with E-state index in [1.807, 2.05) is 18.2 Å². The van der Waals surface area contributed by atoms with Gasteiger partial charge in [0.1, 0.15) is 11.8 Å². The molecule has 3 amide bonds. The molecular formula is C17H14N2O4. The maximum absolute atomic E-state index is 12.8. The molecule has 1 unspecified atom stereocenters. The molecule has 2 aliphatic rings. The lowest BCUT2D eigenvalue weighted by molar-refractivity contribution is -0.134. The largest absolute Gasteiger partial charge is 0.497 e. The molecule has 2 aliphatic heterocycles. The second kappa shape index (κ2) is 4.81. The molecule has 1 saturated heterocycles. The fourth-order valence-corrected chi connectivity index (χ4v) is 3.34. The molecule has 1 fully saturated rings. The van der Waals surface area contributed by atoms with Gasteiger partial charge in [-0.3, -0.25) is 24.6 Å². The number of hydrogen-bond donors (Lipinski definition) is 1. The average Bonchev–Trinajstić information content (AvgIpc) is 2.82. The normalized spacial score (nSPS) is 20.1. The molecule has 0 aromatic heterocycles. The molecule has 1 N–H and O–H groups in total. The number of carbonyl (C=O) groups excluding carboxylic acids is 3. The lowest BCUT2D eigenvalue weighted by atomic mass is 10.0. The molecule has 0 bridgehead atoms. The molecule has 0 radical (unpaired) electrons. The summed E-state index contributed by atoms with van der Waals surface area (Å²) in [6.45, 7) is 0. The zero-order valence-electron chi connectivity index (χ0n) is 12.5. The van der Waals surface area contributed by atoms with Crippen LogP contribution in [0.5, 0.6) is 5.75 Å². The fraction of sp³-hybridized carbons (Fsp3) is 0.235. The van der Waals surface area contributed by atoms with E-state index >= 15 is 0 Å². The standard InChI is InChI=1S/C17H14N2O4/c1-23-10-7-9-3-2-4-11-15(9)13(8-10)19(17(11)22)12-5-6-14(20)18-16(12)21/h2-4,7-8,12H,5-6H2,1H3,(H,18,20,21). The molecular weight excluding hydrogens is 296 g/mol. The number of methoxy groups -OCH3 is 1. The first-order valence-electron chi connectivity index (χ1n) is 7.38. The Bertz CT molecular complexity index is 874. The molecule has 4 rings (SSSR count). The number of nitrogens with one attached hydrogen (secondary N) is 1. The van der Waals surface area contributed by atoms with Crippen molar-refractivity contribution < 1.29 is 19.1 Å². The predicted molar refractivity (Wildman–Crippen MR) is 83.5 cm³/mol. The van der Waals surface area contributed by atoms with E-state index < -0.39 is 11.9 Å². The molecule has 23 heavy (non-hydrogen) atoms. The third-order valence-electron chi connectivity index (χ3n) is 4.40. The van der Waals surface area contributed by atoms with Crippen LogP contribution in [0.4, 0.5) is 5.69 Å². The third kappa shape index (κ3) is 1.91. The Hall–Kier alpha value is -2.89. The molecule has 0 aliphatic carbocycles. The quantitative estimate of drug-likeness (QED) is 0.855. The number of anilines is 1. The van der Waals surface area contributed by atoms with Gasteiger partial charge in [0.15, 0.2) is 0 Å². The molecule has 6 nitrogen and oxygen atoms in total. The summed E-state index contributed by atoms with van der Waals surface area (Å²) in [5.74, 6) is -0.324. The average molecular weight is 310 g/mol. The molecule has 2 aromatic rings. The van der Waals surface area contributed by atoms with Crippen LogP contribution >= 0.6 is 0 Å². The van der Waals surface area contributed by atoms with Crippen LogP contribution in [0.1, 0.15) is 23.2 Å². The van der Waals surface area contributed by atoms with Gasteiger partial charge in [-0.15, -0.1) is 0 Å². The summed E-state index contributed by atoms with van der Waals surface area (Å²) in [6, 6.07) is 8.43. The number of ether oxygens (including phenoxy) is 1. The Morgan fingerprint density at radius 2 is 2.04 bits per heavy atom. The fourth-order valence-electron chi connectivity index (χ4n) is 3.34. The summed E-state index contributed by atoms with van der Waals surface area (Å²) >= 11 is 0. The van der Waals surface area contributed by atoms with Gasteiger partial charge < -0.3 is 4.74 Å². The number of nitrogens with zero attached hydrogens (tertiary/aromatic N) is 1. The van der Waals surface area contributed by atoms with Gasteiger partial charge in [-0.05, 0) is 23.9 Å². The van der Waals surface area contributed by atoms with Crippen molar-refractivity contribution in [2.75, 3.05) is 12.0 Å². The predicted octanol–water partition coefficient (Wildman–Crippen LogP) is 1.61. The van der Waals surface area contributed by atoms with Crippen LogP contribution in [0.2, 0.25) is 0 Å². The number of rotatable bonds is 2. The summed E-state index contributed by atoms with van der Waals surface area (Å²) in [4.78, 5) is 37.9. The van der Waals surface area contributed by atoms with Crippen LogP contribution < -0.4 is 15.0 Å². The number of carbonyl (C=O) groups is 3. The third-order valence-corrected chi connectivity index (χ3v) is 4.40. The van der Waals surface area contributed by atoms with E-state index in [-0.39, 0.29) is 18.2 Å². The van der Waals surface area contributed by atoms with Crippen molar-refractivity contribution in [2.45, 2.75) is 18.9 Å². The summed E-state index contributed by atoms with van der Waals surface area (Å²) in [5, 5.41) is 4.02. The number of imide groups is 1. The smallest absolute Gasteiger partial charge is 0.259 e. The van der Waals surface area contributed by atoms with Crippen molar-refractivity contribution in [3.05, 3.63) is 35.9 Å². The van der Waals surface area contributed by atoms with Crippen LogP contribution in [-0.4, -0.2) is 30.9 Å². The topological polar surface area (TPSA) is 75.7 Å². The van der Waals surface area contributed by atoms with Gasteiger partial charge in [-0.1, -0.05) is 12.1 Å². The second-order valence-electron chi connectivity index (χ2n) is 5.69.